The van der Waals surface area contributed by atoms with Crippen molar-refractivity contribution in [3.05, 3.63) is 270 Å². The van der Waals surface area contributed by atoms with Gasteiger partial charge in [0.05, 0.1) is 91.3 Å². The fraction of sp³-hybridized carbons (Fsp3) is 0.224. The van der Waals surface area contributed by atoms with E-state index in [0.29, 0.717) is 47.4 Å². The maximum Gasteiger partial charge on any atom is 0.266 e. The fourth-order valence-corrected chi connectivity index (χ4v) is 15.7. The summed E-state index contributed by atoms with van der Waals surface area (Å²) in [5.41, 5.74) is 4.46. The third-order valence-electron chi connectivity index (χ3n) is 15.1. The topological polar surface area (TPSA) is 322 Å². The van der Waals surface area contributed by atoms with E-state index in [0.717, 1.165) is 68.5 Å². The van der Waals surface area contributed by atoms with Crippen LogP contribution in [-0.2, 0) is 16.4 Å². The van der Waals surface area contributed by atoms with Crippen LogP contribution in [0.25, 0.3) is 10.9 Å². The second-order valence-electron chi connectivity index (χ2n) is 23.7. The normalized spacial score (nSPS) is 10.6. The number of pyridine rings is 1. The first-order chi connectivity index (χ1) is 51.4. The highest BCUT2D eigenvalue weighted by atomic mass is 32.2. The number of nitrogens with one attached hydrogen (secondary N) is 4. The van der Waals surface area contributed by atoms with Gasteiger partial charge < -0.3 is 25.4 Å². The lowest BCUT2D eigenvalue weighted by molar-refractivity contribution is 0.0943. The standard InChI is InChI=1S/C16H16N2OS.C14H16N2OS.C13H15N3OS.C11H11N3O2S.C11H11N3OS.C11H10N2O3S2/c1-11-6-7-15(20-11)14(19)10-18(2)13-5-3-4-12-8-9-17-16(12)13;1-3-16(12-6-8-15-9-7-12)10-13(17)14-5-4-11(2)18-14;1-10-3-4-13(18-10)12(17)9-16(2)8-11-5-6-14-15-7-11;1-7-2-3-10(17-7)9(15)6-12-8-4-11(16)14-13-5-8;1-8-2-3-10(16-8)9(15)6-13-11-4-5-12-7-14-11;1-8-2-3-11(17-8)10(14)6-18(15,16)9-4-12-7-13-5-9/h3-9,17H,10H2,1-2H3;4-9H,3,10H2,1-2H3;3-7H,8-9H2,1-2H3;2-5H,6H2,1H3,(H2,12,14,16);2-5,7H,6H2,1H3,(H,12,13,14);2-5,7H,6H2,1H3. The molecule has 12 aromatic heterocycles. The van der Waals surface area contributed by atoms with Crippen LogP contribution in [0.2, 0.25) is 0 Å². The summed E-state index contributed by atoms with van der Waals surface area (Å²) in [6.45, 7) is 17.0. The zero-order valence-corrected chi connectivity index (χ0v) is 65.8. The van der Waals surface area contributed by atoms with Crippen LogP contribution >= 0.6 is 68.0 Å². The number of aryl methyl sites for hydroxylation is 6. The molecule has 13 rings (SSSR count). The Bertz CT molecular complexity index is 5190. The molecule has 0 saturated heterocycles. The highest BCUT2D eigenvalue weighted by molar-refractivity contribution is 7.92. The van der Waals surface area contributed by atoms with Crippen molar-refractivity contribution in [2.45, 2.75) is 59.9 Å². The first-order valence-electron chi connectivity index (χ1n) is 33.1. The Labute approximate surface area is 643 Å². The van der Waals surface area contributed by atoms with E-state index in [4.69, 9.17) is 0 Å². The van der Waals surface area contributed by atoms with Gasteiger partial charge in [0, 0.05) is 110 Å². The predicted molar refractivity (Wildman–Crippen MR) is 430 cm³/mol. The summed E-state index contributed by atoms with van der Waals surface area (Å²) < 4.78 is 23.9. The van der Waals surface area contributed by atoms with Gasteiger partial charge in [0.1, 0.15) is 29.1 Å². The molecule has 4 N–H and O–H groups in total. The highest BCUT2D eigenvalue weighted by Gasteiger charge is 2.23. The minimum atomic E-state index is -3.67. The van der Waals surface area contributed by atoms with Gasteiger partial charge in [-0.25, -0.2) is 33.5 Å². The van der Waals surface area contributed by atoms with Crippen LogP contribution in [0.1, 0.15) is 99.8 Å². The monoisotopic (exact) mass is 1570 g/mol. The number of nitrogens with zero attached hydrogens (tertiary/aromatic N) is 11. The lowest BCUT2D eigenvalue weighted by Gasteiger charge is -2.21. The van der Waals surface area contributed by atoms with Crippen molar-refractivity contribution in [1.29, 1.82) is 0 Å². The summed E-state index contributed by atoms with van der Waals surface area (Å²) in [6, 6.07) is 39.6. The summed E-state index contributed by atoms with van der Waals surface area (Å²) >= 11 is 8.91. The largest absolute Gasteiger partial charge is 0.376 e. The van der Waals surface area contributed by atoms with E-state index < -0.39 is 21.4 Å². The quantitative estimate of drug-likeness (QED) is 0.0366. The summed E-state index contributed by atoms with van der Waals surface area (Å²) in [5.74, 6) is 0.285. The van der Waals surface area contributed by atoms with E-state index in [-0.39, 0.29) is 52.5 Å². The van der Waals surface area contributed by atoms with E-state index in [1.54, 1.807) is 89.3 Å². The zero-order valence-electron chi connectivity index (χ0n) is 60.1. The van der Waals surface area contributed by atoms with Crippen LogP contribution in [-0.4, -0.2) is 157 Å². The maximum absolute atomic E-state index is 12.3. The fourth-order valence-electron chi connectivity index (χ4n) is 9.73. The van der Waals surface area contributed by atoms with Gasteiger partial charge in [-0.05, 0) is 170 Å². The molecule has 0 fully saturated rings. The number of thiophene rings is 6. The maximum atomic E-state index is 12.3. The molecule has 0 atom stereocenters. The van der Waals surface area contributed by atoms with E-state index >= 15 is 0 Å². The number of hydrogen-bond donors (Lipinski definition) is 4. The summed E-state index contributed by atoms with van der Waals surface area (Å²) in [6.07, 6.45) is 17.0. The molecule has 0 radical (unpaired) electrons. The van der Waals surface area contributed by atoms with Crippen LogP contribution in [0, 0.1) is 41.5 Å². The van der Waals surface area contributed by atoms with Gasteiger partial charge in [-0.15, -0.1) is 68.0 Å². The number of aromatic nitrogens is 10. The molecule has 0 aliphatic rings. The SMILES string of the molecule is CCN(CC(=O)c1ccc(C)s1)c1ccncc1.Cc1ccc(C(=O)CN(C)Cc2ccnnc2)s1.Cc1ccc(C(=O)CN(C)c2cccc3cc[nH]c23)s1.Cc1ccc(C(=O)CNc2ccncn2)s1.Cc1ccc(C(=O)CNc2cn[nH]c(=O)c2)s1.Cc1ccc(C(=O)CS(=O)(=O)c2cncnc2)s1. The lowest BCUT2D eigenvalue weighted by atomic mass is 10.2. The molecule has 24 nitrogen and oxygen atoms in total. The Morgan fingerprint density at radius 2 is 1.02 bits per heavy atom. The van der Waals surface area contributed by atoms with Crippen molar-refractivity contribution in [2.24, 2.45) is 0 Å². The zero-order chi connectivity index (χ0) is 76.8. The number of sulfone groups is 1. The molecule has 0 spiro atoms. The Balaban J connectivity index is 0.000000162. The first kappa shape index (κ1) is 82.0. The summed E-state index contributed by atoms with van der Waals surface area (Å²) in [7, 11) is 0.215. The van der Waals surface area contributed by atoms with Gasteiger partial charge in [0.15, 0.2) is 44.5 Å². The predicted octanol–water partition coefficient (Wildman–Crippen LogP) is 14.3. The van der Waals surface area contributed by atoms with Gasteiger partial charge in [0.25, 0.3) is 5.56 Å². The van der Waals surface area contributed by atoms with Crippen molar-refractivity contribution >= 4 is 146 Å². The lowest BCUT2D eigenvalue weighted by Crippen LogP contribution is -2.29. The number of ketones is 6. The van der Waals surface area contributed by atoms with Crippen LogP contribution < -0.4 is 26.0 Å². The number of carbonyl (C=O) groups excluding carboxylic acids is 6. The number of para-hydroxylation sites is 1. The third kappa shape index (κ3) is 26.7. The number of fused-ring (bicyclic) bond motifs is 1. The van der Waals surface area contributed by atoms with E-state index in [2.05, 4.69) is 71.9 Å². The number of carbonyl (C=O) groups is 6. The number of rotatable bonds is 26. The molecular formula is C76H79N15O9S7. The highest BCUT2D eigenvalue weighted by Crippen LogP contribution is 2.27. The second-order valence-corrected chi connectivity index (χ2v) is 33.4. The van der Waals surface area contributed by atoms with E-state index in [1.807, 2.05) is 170 Å². The smallest absolute Gasteiger partial charge is 0.266 e. The minimum Gasteiger partial charge on any atom is -0.376 e. The molecular weight excluding hydrogens is 1490 g/mol. The van der Waals surface area contributed by atoms with Gasteiger partial charge in [-0.2, -0.15) is 15.3 Å². The number of hydrogen-bond acceptors (Lipinski definition) is 28. The van der Waals surface area contributed by atoms with Gasteiger partial charge >= 0.3 is 0 Å². The number of anilines is 4. The number of likely N-dealkylation sites (N-methyl/N-ethyl adjacent to an activating group) is 3. The second kappa shape index (κ2) is 41.3. The molecule has 0 amide bonds. The Kier molecular flexibility index (Phi) is 31.7. The summed E-state index contributed by atoms with van der Waals surface area (Å²) in [5, 5.41) is 20.4. The molecule has 0 unspecified atom stereocenters. The van der Waals surface area contributed by atoms with Crippen LogP contribution in [0.5, 0.6) is 0 Å². The average Bonchev–Trinajstić information content (AvgIpc) is 1.79. The van der Waals surface area contributed by atoms with Crippen molar-refractivity contribution in [1.82, 2.24) is 55.2 Å². The molecule has 554 valence electrons. The molecule has 0 aliphatic heterocycles. The average molecular weight is 1570 g/mol. The number of H-pyrrole nitrogens is 2. The molecule has 0 bridgehead atoms. The minimum absolute atomic E-state index is 0.00313. The van der Waals surface area contributed by atoms with Crippen molar-refractivity contribution < 1.29 is 37.2 Å². The number of Topliss-reactive ketones (excluding diaryl/α,β-unsaturated/α-hetero) is 6. The molecule has 13 aromatic rings. The van der Waals surface area contributed by atoms with Crippen molar-refractivity contribution in [3.8, 4) is 0 Å². The van der Waals surface area contributed by atoms with Gasteiger partial charge in [-0.1, -0.05) is 12.1 Å². The number of benzene rings is 1. The Morgan fingerprint density at radius 1 is 0.505 bits per heavy atom. The first-order valence-corrected chi connectivity index (χ1v) is 39.7. The third-order valence-corrected chi connectivity index (χ3v) is 22.9. The number of aromatic amines is 2. The molecule has 0 aliphatic carbocycles. The molecule has 107 heavy (non-hydrogen) atoms. The summed E-state index contributed by atoms with van der Waals surface area (Å²) in [4.78, 5) is 122. The molecule has 31 heteroatoms. The van der Waals surface area contributed by atoms with E-state index in [9.17, 15) is 42.0 Å². The van der Waals surface area contributed by atoms with Gasteiger partial charge in [-0.3, -0.25) is 43.4 Å². The van der Waals surface area contributed by atoms with E-state index in [1.165, 1.54) is 86.0 Å². The molecule has 0 saturated carbocycles. The van der Waals surface area contributed by atoms with Crippen molar-refractivity contribution in [3.63, 3.8) is 0 Å². The van der Waals surface area contributed by atoms with Crippen LogP contribution in [0.3, 0.4) is 0 Å². The molecule has 1 aromatic carbocycles. The van der Waals surface area contributed by atoms with Gasteiger partial charge in [0.2, 0.25) is 0 Å². The molecule has 12 heterocycles. The Hall–Kier alpha value is -10.6. The van der Waals surface area contributed by atoms with Crippen LogP contribution in [0.15, 0.2) is 206 Å². The Morgan fingerprint density at radius 3 is 1.51 bits per heavy atom. The van der Waals surface area contributed by atoms with Crippen LogP contribution in [0.4, 0.5) is 22.9 Å². The van der Waals surface area contributed by atoms with Crippen molar-refractivity contribution in [2.75, 3.05) is 79.6 Å².